The van der Waals surface area contributed by atoms with Crippen LogP contribution in [0.3, 0.4) is 0 Å². The number of phenolic OH excluding ortho intramolecular Hbond substituents is 1. The number of benzene rings is 1. The molecular weight excluding hydrogens is 348 g/mol. The quantitative estimate of drug-likeness (QED) is 0.807. The fourth-order valence-electron chi connectivity index (χ4n) is 5.88. The molecule has 1 aromatic rings. The van der Waals surface area contributed by atoms with E-state index in [9.17, 15) is 9.90 Å². The number of aromatic hydroxyl groups is 1. The van der Waals surface area contributed by atoms with Crippen LogP contribution in [0.25, 0.3) is 0 Å². The molecule has 0 aromatic heterocycles. The minimum Gasteiger partial charge on any atom is -0.508 e. The molecule has 0 radical (unpaired) electrons. The second kappa shape index (κ2) is 8.06. The molecule has 4 nitrogen and oxygen atoms in total. The first-order chi connectivity index (χ1) is 13.5. The molecule has 1 saturated heterocycles. The number of hydrogen-bond acceptors (Lipinski definition) is 3. The third kappa shape index (κ3) is 3.94. The molecule has 1 amide bonds. The zero-order valence-electron chi connectivity index (χ0n) is 17.5. The van der Waals surface area contributed by atoms with Crippen molar-refractivity contribution in [3.63, 3.8) is 0 Å². The number of amides is 1. The lowest BCUT2D eigenvalue weighted by Gasteiger charge is -2.53. The molecule has 1 saturated carbocycles. The molecule has 2 bridgehead atoms. The Kier molecular flexibility index (Phi) is 5.69. The second-order valence-electron chi connectivity index (χ2n) is 9.78. The fourth-order valence-corrected chi connectivity index (χ4v) is 5.88. The highest BCUT2D eigenvalue weighted by Crippen LogP contribution is 2.48. The molecule has 2 aliphatic carbocycles. The molecule has 28 heavy (non-hydrogen) atoms. The number of likely N-dealkylation sites (tertiary alicyclic amines) is 1. The molecule has 3 aliphatic rings. The van der Waals surface area contributed by atoms with Crippen molar-refractivity contribution in [2.24, 2.45) is 11.8 Å². The fraction of sp³-hybridized carbons (Fsp3) is 0.708. The van der Waals surface area contributed by atoms with Crippen molar-refractivity contribution in [3.8, 4) is 5.75 Å². The number of phenols is 1. The van der Waals surface area contributed by atoms with E-state index in [1.165, 1.54) is 43.2 Å². The van der Waals surface area contributed by atoms with Gasteiger partial charge in [-0.2, -0.15) is 0 Å². The SMILES string of the molecule is C[C@H]1CN(CCC(=O)NCC2CCCCC2)[C@@H]2Cc3ccc(O)cc3[C@]1(C)C2. The van der Waals surface area contributed by atoms with Gasteiger partial charge in [-0.15, -0.1) is 0 Å². The van der Waals surface area contributed by atoms with Crippen molar-refractivity contribution in [2.75, 3.05) is 19.6 Å². The van der Waals surface area contributed by atoms with Gasteiger partial charge in [0.25, 0.3) is 0 Å². The Hall–Kier alpha value is -1.55. The van der Waals surface area contributed by atoms with Crippen LogP contribution >= 0.6 is 0 Å². The van der Waals surface area contributed by atoms with Crippen LogP contribution in [0.1, 0.15) is 69.9 Å². The van der Waals surface area contributed by atoms with E-state index in [1.807, 2.05) is 12.1 Å². The number of rotatable bonds is 5. The maximum atomic E-state index is 12.4. The summed E-state index contributed by atoms with van der Waals surface area (Å²) >= 11 is 0. The average Bonchev–Trinajstić information content (AvgIpc) is 2.69. The minimum atomic E-state index is 0.122. The van der Waals surface area contributed by atoms with Crippen molar-refractivity contribution in [1.82, 2.24) is 10.2 Å². The topological polar surface area (TPSA) is 52.6 Å². The highest BCUT2D eigenvalue weighted by molar-refractivity contribution is 5.76. The van der Waals surface area contributed by atoms with Crippen LogP contribution in [0.5, 0.6) is 5.75 Å². The molecule has 4 rings (SSSR count). The summed E-state index contributed by atoms with van der Waals surface area (Å²) in [6, 6.07) is 6.40. The van der Waals surface area contributed by atoms with Crippen molar-refractivity contribution in [3.05, 3.63) is 29.3 Å². The van der Waals surface area contributed by atoms with Crippen LogP contribution < -0.4 is 5.32 Å². The zero-order valence-corrected chi connectivity index (χ0v) is 17.5. The van der Waals surface area contributed by atoms with Crippen molar-refractivity contribution in [2.45, 2.75) is 76.7 Å². The third-order valence-corrected chi connectivity index (χ3v) is 7.88. The number of carbonyl (C=O) groups excluding carboxylic acids is 1. The molecular formula is C24H36N2O2. The van der Waals surface area contributed by atoms with E-state index in [1.54, 1.807) is 0 Å². The number of nitrogens with one attached hydrogen (secondary N) is 1. The summed E-state index contributed by atoms with van der Waals surface area (Å²) in [5.74, 6) is 1.80. The Bertz CT molecular complexity index is 713. The molecule has 1 heterocycles. The molecule has 4 heteroatoms. The van der Waals surface area contributed by atoms with Gasteiger partial charge in [-0.3, -0.25) is 9.69 Å². The first-order valence-corrected chi connectivity index (χ1v) is 11.3. The lowest BCUT2D eigenvalue weighted by Crippen LogP contribution is -2.56. The van der Waals surface area contributed by atoms with Gasteiger partial charge in [0.15, 0.2) is 0 Å². The largest absolute Gasteiger partial charge is 0.508 e. The van der Waals surface area contributed by atoms with Gasteiger partial charge in [0.1, 0.15) is 5.75 Å². The minimum absolute atomic E-state index is 0.122. The van der Waals surface area contributed by atoms with Gasteiger partial charge < -0.3 is 10.4 Å². The van der Waals surface area contributed by atoms with E-state index in [0.717, 1.165) is 32.5 Å². The summed E-state index contributed by atoms with van der Waals surface area (Å²) in [5, 5.41) is 13.2. The smallest absolute Gasteiger partial charge is 0.221 e. The standard InChI is InChI=1S/C24H36N2O2/c1-17-16-26(11-10-23(28)25-15-18-6-4-3-5-7-18)20-12-19-8-9-21(27)13-22(19)24(17,2)14-20/h8-9,13,17-18,20,27H,3-7,10-12,14-16H2,1-2H3,(H,25,28)/t17-,20+,24+/m0/s1. The van der Waals surface area contributed by atoms with Gasteiger partial charge in [0.2, 0.25) is 5.91 Å². The van der Waals surface area contributed by atoms with Gasteiger partial charge >= 0.3 is 0 Å². The number of carbonyl (C=O) groups is 1. The summed E-state index contributed by atoms with van der Waals surface area (Å²) in [6.07, 6.45) is 9.32. The lowest BCUT2D eigenvalue weighted by atomic mass is 9.60. The summed E-state index contributed by atoms with van der Waals surface area (Å²) < 4.78 is 0. The van der Waals surface area contributed by atoms with Crippen LogP contribution in [0.4, 0.5) is 0 Å². The summed E-state index contributed by atoms with van der Waals surface area (Å²) in [4.78, 5) is 15.0. The normalized spacial score (nSPS) is 30.6. The van der Waals surface area contributed by atoms with Gasteiger partial charge in [-0.25, -0.2) is 0 Å². The number of nitrogens with zero attached hydrogens (tertiary/aromatic N) is 1. The molecule has 2 N–H and O–H groups in total. The van der Waals surface area contributed by atoms with Gasteiger partial charge in [0.05, 0.1) is 0 Å². The predicted octanol–water partition coefficient (Wildman–Crippen LogP) is 4.00. The highest BCUT2D eigenvalue weighted by Gasteiger charge is 2.46. The zero-order chi connectivity index (χ0) is 19.7. The Morgan fingerprint density at radius 1 is 1.29 bits per heavy atom. The van der Waals surface area contributed by atoms with E-state index < -0.39 is 0 Å². The lowest BCUT2D eigenvalue weighted by molar-refractivity contribution is -0.122. The van der Waals surface area contributed by atoms with E-state index in [-0.39, 0.29) is 11.3 Å². The van der Waals surface area contributed by atoms with Crippen LogP contribution in [-0.2, 0) is 16.6 Å². The van der Waals surface area contributed by atoms with E-state index in [2.05, 4.69) is 30.1 Å². The Labute approximate surface area is 169 Å². The second-order valence-corrected chi connectivity index (χ2v) is 9.78. The molecule has 1 aromatic carbocycles. The number of hydrogen-bond donors (Lipinski definition) is 2. The van der Waals surface area contributed by atoms with Gasteiger partial charge in [-0.05, 0) is 66.2 Å². The van der Waals surface area contributed by atoms with Crippen molar-refractivity contribution >= 4 is 5.91 Å². The van der Waals surface area contributed by atoms with E-state index in [0.29, 0.717) is 30.0 Å². The first kappa shape index (κ1) is 19.8. The predicted molar refractivity (Wildman–Crippen MR) is 113 cm³/mol. The molecule has 0 unspecified atom stereocenters. The molecule has 154 valence electrons. The maximum absolute atomic E-state index is 12.4. The monoisotopic (exact) mass is 384 g/mol. The molecule has 0 spiro atoms. The molecule has 2 fully saturated rings. The van der Waals surface area contributed by atoms with Gasteiger partial charge in [0, 0.05) is 32.1 Å². The molecule has 1 aliphatic heterocycles. The van der Waals surface area contributed by atoms with Gasteiger partial charge in [-0.1, -0.05) is 39.2 Å². The highest BCUT2D eigenvalue weighted by atomic mass is 16.3. The Morgan fingerprint density at radius 2 is 2.07 bits per heavy atom. The number of fused-ring (bicyclic) bond motifs is 4. The van der Waals surface area contributed by atoms with Crippen LogP contribution in [0.2, 0.25) is 0 Å². The van der Waals surface area contributed by atoms with E-state index in [4.69, 9.17) is 0 Å². The van der Waals surface area contributed by atoms with Crippen molar-refractivity contribution in [1.29, 1.82) is 0 Å². The molecule has 3 atom stereocenters. The van der Waals surface area contributed by atoms with E-state index >= 15 is 0 Å². The summed E-state index contributed by atoms with van der Waals surface area (Å²) in [6.45, 7) is 7.44. The maximum Gasteiger partial charge on any atom is 0.221 e. The first-order valence-electron chi connectivity index (χ1n) is 11.3. The Balaban J connectivity index is 1.34. The van der Waals surface area contributed by atoms with Crippen LogP contribution in [0.15, 0.2) is 18.2 Å². The van der Waals surface area contributed by atoms with Crippen LogP contribution in [-0.4, -0.2) is 41.6 Å². The summed E-state index contributed by atoms with van der Waals surface area (Å²) in [7, 11) is 0. The van der Waals surface area contributed by atoms with Crippen LogP contribution in [0, 0.1) is 11.8 Å². The third-order valence-electron chi connectivity index (χ3n) is 7.88. The average molecular weight is 385 g/mol. The summed E-state index contributed by atoms with van der Waals surface area (Å²) in [5.41, 5.74) is 2.83. The Morgan fingerprint density at radius 3 is 2.86 bits per heavy atom. The number of piperidine rings is 1. The van der Waals surface area contributed by atoms with Crippen molar-refractivity contribution < 1.29 is 9.90 Å².